The number of rotatable bonds is 2. The summed E-state index contributed by atoms with van der Waals surface area (Å²) in [6.45, 7) is 0. The van der Waals surface area contributed by atoms with Gasteiger partial charge in [0.1, 0.15) is 5.82 Å². The second kappa shape index (κ2) is 4.01. The van der Waals surface area contributed by atoms with E-state index in [1.807, 2.05) is 0 Å². The van der Waals surface area contributed by atoms with Crippen LogP contribution >= 0.6 is 11.6 Å². The van der Waals surface area contributed by atoms with Gasteiger partial charge in [-0.05, 0) is 6.07 Å². The summed E-state index contributed by atoms with van der Waals surface area (Å²) >= 11 is 5.35. The highest BCUT2D eigenvalue weighted by Crippen LogP contribution is 2.17. The summed E-state index contributed by atoms with van der Waals surface area (Å²) in [6.07, 6.45) is 0. The molecule has 0 spiro atoms. The molecule has 1 rings (SSSR count). The number of nitrogens with zero attached hydrogens (tertiary/aromatic N) is 2. The maximum Gasteiger partial charge on any atom is 0.273 e. The topological polar surface area (TPSA) is 75.7 Å². The average molecular weight is 219 g/mol. The molecule has 0 aliphatic heterocycles. The highest BCUT2D eigenvalue weighted by atomic mass is 35.5. The minimum atomic E-state index is -0.823. The van der Waals surface area contributed by atoms with E-state index >= 15 is 0 Å². The Morgan fingerprint density at radius 1 is 1.57 bits per heavy atom. The van der Waals surface area contributed by atoms with E-state index in [0.717, 1.165) is 18.2 Å². The molecule has 0 bridgehead atoms. The van der Waals surface area contributed by atoms with Crippen LogP contribution in [0.15, 0.2) is 23.4 Å². The molecule has 0 aromatic heterocycles. The van der Waals surface area contributed by atoms with Gasteiger partial charge in [0.15, 0.2) is 5.17 Å². The first-order valence-corrected chi connectivity index (χ1v) is 3.75. The van der Waals surface area contributed by atoms with Crippen LogP contribution in [0.1, 0.15) is 5.56 Å². The van der Waals surface area contributed by atoms with Crippen molar-refractivity contribution in [3.63, 3.8) is 0 Å². The Labute approximate surface area is 82.6 Å². The lowest BCUT2D eigenvalue weighted by atomic mass is 10.2. The molecule has 0 saturated heterocycles. The van der Waals surface area contributed by atoms with E-state index in [9.17, 15) is 14.5 Å². The Morgan fingerprint density at radius 2 is 2.21 bits per heavy atom. The first-order valence-electron chi connectivity index (χ1n) is 3.37. The van der Waals surface area contributed by atoms with Gasteiger partial charge in [0, 0.05) is 11.6 Å². The van der Waals surface area contributed by atoms with Crippen molar-refractivity contribution in [1.29, 1.82) is 0 Å². The van der Waals surface area contributed by atoms with Gasteiger partial charge >= 0.3 is 0 Å². The second-order valence-electron chi connectivity index (χ2n) is 2.35. The summed E-state index contributed by atoms with van der Waals surface area (Å²) in [5, 5.41) is 20.8. The zero-order chi connectivity index (χ0) is 10.7. The molecule has 0 atom stereocenters. The van der Waals surface area contributed by atoms with Gasteiger partial charge in [-0.1, -0.05) is 16.8 Å². The van der Waals surface area contributed by atoms with Gasteiger partial charge in [-0.3, -0.25) is 10.1 Å². The predicted molar refractivity (Wildman–Crippen MR) is 47.2 cm³/mol. The molecule has 0 fully saturated rings. The highest BCUT2D eigenvalue weighted by molar-refractivity contribution is 6.69. The monoisotopic (exact) mass is 218 g/mol. The van der Waals surface area contributed by atoms with Crippen LogP contribution in [-0.4, -0.2) is 15.3 Å². The third kappa shape index (κ3) is 2.17. The molecular formula is C7H4ClFN2O3. The fraction of sp³-hybridized carbons (Fsp3) is 0. The van der Waals surface area contributed by atoms with Gasteiger partial charge < -0.3 is 5.21 Å². The minimum absolute atomic E-state index is 0.0548. The third-order valence-electron chi connectivity index (χ3n) is 1.42. The summed E-state index contributed by atoms with van der Waals surface area (Å²) in [6, 6.07) is 2.67. The molecule has 0 heterocycles. The fourth-order valence-corrected chi connectivity index (χ4v) is 0.966. The van der Waals surface area contributed by atoms with E-state index in [0.29, 0.717) is 0 Å². The molecule has 7 heteroatoms. The van der Waals surface area contributed by atoms with Gasteiger partial charge in [-0.15, -0.1) is 0 Å². The summed E-state index contributed by atoms with van der Waals surface area (Å²) in [5.41, 5.74) is -0.511. The van der Waals surface area contributed by atoms with Crippen molar-refractivity contribution in [3.8, 4) is 0 Å². The van der Waals surface area contributed by atoms with Crippen molar-refractivity contribution in [2.24, 2.45) is 5.16 Å². The lowest BCUT2D eigenvalue weighted by Gasteiger charge is -1.97. The van der Waals surface area contributed by atoms with Crippen molar-refractivity contribution in [3.05, 3.63) is 39.7 Å². The molecule has 5 nitrogen and oxygen atoms in total. The number of oxime groups is 1. The van der Waals surface area contributed by atoms with Gasteiger partial charge in [-0.2, -0.15) is 0 Å². The molecule has 1 aromatic rings. The smallest absolute Gasteiger partial charge is 0.273 e. The number of non-ortho nitro benzene ring substituents is 1. The number of halogens is 2. The van der Waals surface area contributed by atoms with E-state index < -0.39 is 21.6 Å². The predicted octanol–water partition coefficient (Wildman–Crippen LogP) is 2.11. The van der Waals surface area contributed by atoms with Crippen molar-refractivity contribution in [2.45, 2.75) is 0 Å². The maximum absolute atomic E-state index is 12.8. The maximum atomic E-state index is 12.8. The lowest BCUT2D eigenvalue weighted by molar-refractivity contribution is -0.385. The summed E-state index contributed by atoms with van der Waals surface area (Å²) in [5.74, 6) is -0.823. The van der Waals surface area contributed by atoms with Crippen molar-refractivity contribution in [1.82, 2.24) is 0 Å². The molecule has 0 radical (unpaired) electrons. The zero-order valence-electron chi connectivity index (χ0n) is 6.65. The van der Waals surface area contributed by atoms with Crippen molar-refractivity contribution >= 4 is 22.5 Å². The third-order valence-corrected chi connectivity index (χ3v) is 1.71. The average Bonchev–Trinajstić information content (AvgIpc) is 2.15. The van der Waals surface area contributed by atoms with E-state index in [2.05, 4.69) is 5.16 Å². The molecular weight excluding hydrogens is 215 g/mol. The van der Waals surface area contributed by atoms with Gasteiger partial charge in [-0.25, -0.2) is 4.39 Å². The number of nitro benzene ring substituents is 1. The first-order chi connectivity index (χ1) is 6.54. The number of benzene rings is 1. The van der Waals surface area contributed by atoms with Crippen LogP contribution in [0.5, 0.6) is 0 Å². The number of hydrogen-bond donors (Lipinski definition) is 1. The van der Waals surface area contributed by atoms with E-state index in [1.54, 1.807) is 0 Å². The van der Waals surface area contributed by atoms with Crippen molar-refractivity contribution in [2.75, 3.05) is 0 Å². The van der Waals surface area contributed by atoms with Crippen LogP contribution in [0.4, 0.5) is 10.1 Å². The molecule has 0 aliphatic carbocycles. The van der Waals surface area contributed by atoms with Crippen LogP contribution in [0.3, 0.4) is 0 Å². The Bertz CT molecular complexity index is 408. The Kier molecular flexibility index (Phi) is 2.98. The first kappa shape index (κ1) is 10.4. The van der Waals surface area contributed by atoms with Crippen molar-refractivity contribution < 1.29 is 14.5 Å². The summed E-state index contributed by atoms with van der Waals surface area (Å²) < 4.78 is 12.8. The Balaban J connectivity index is 3.27. The molecule has 1 aromatic carbocycles. The van der Waals surface area contributed by atoms with E-state index in [4.69, 9.17) is 16.8 Å². The SMILES string of the molecule is O=[N+]([O-])c1cc(F)cc(C(Cl)=NO)c1. The molecule has 74 valence electrons. The Hall–Kier alpha value is -1.69. The van der Waals surface area contributed by atoms with Gasteiger partial charge in [0.25, 0.3) is 5.69 Å². The number of nitro groups is 1. The fourth-order valence-electron chi connectivity index (χ4n) is 0.856. The minimum Gasteiger partial charge on any atom is -0.410 e. The van der Waals surface area contributed by atoms with Crippen LogP contribution < -0.4 is 0 Å². The molecule has 0 saturated carbocycles. The zero-order valence-corrected chi connectivity index (χ0v) is 7.40. The van der Waals surface area contributed by atoms with Crippen LogP contribution in [0, 0.1) is 15.9 Å². The molecule has 0 amide bonds. The standard InChI is InChI=1S/C7H4ClFN2O3/c8-7(10-12)4-1-5(9)3-6(2-4)11(13)14/h1-3,12H. The van der Waals surface area contributed by atoms with Crippen LogP contribution in [-0.2, 0) is 0 Å². The lowest BCUT2D eigenvalue weighted by Crippen LogP contribution is -1.96. The summed E-state index contributed by atoms with van der Waals surface area (Å²) in [4.78, 5) is 9.54. The van der Waals surface area contributed by atoms with Crippen LogP contribution in [0.25, 0.3) is 0 Å². The van der Waals surface area contributed by atoms with Crippen LogP contribution in [0.2, 0.25) is 0 Å². The highest BCUT2D eigenvalue weighted by Gasteiger charge is 2.12. The largest absolute Gasteiger partial charge is 0.410 e. The quantitative estimate of drug-likeness (QED) is 0.357. The molecule has 14 heavy (non-hydrogen) atoms. The van der Waals surface area contributed by atoms with E-state index in [1.165, 1.54) is 0 Å². The van der Waals surface area contributed by atoms with Gasteiger partial charge in [0.2, 0.25) is 0 Å². The molecule has 0 aliphatic rings. The molecule has 1 N–H and O–H groups in total. The number of hydrogen-bond acceptors (Lipinski definition) is 4. The normalized spacial score (nSPS) is 11.4. The van der Waals surface area contributed by atoms with Gasteiger partial charge in [0.05, 0.1) is 11.0 Å². The Morgan fingerprint density at radius 3 is 2.71 bits per heavy atom. The second-order valence-corrected chi connectivity index (χ2v) is 2.70. The van der Waals surface area contributed by atoms with E-state index in [-0.39, 0.29) is 5.56 Å². The molecule has 0 unspecified atom stereocenters. The summed E-state index contributed by atoms with van der Waals surface area (Å²) in [7, 11) is 0.